The Morgan fingerprint density at radius 2 is 1.75 bits per heavy atom. The fourth-order valence-electron chi connectivity index (χ4n) is 8.69. The summed E-state index contributed by atoms with van der Waals surface area (Å²) in [6.07, 6.45) is 4.18. The number of benzene rings is 1. The van der Waals surface area contributed by atoms with Crippen molar-refractivity contribution in [2.45, 2.75) is 117 Å². The van der Waals surface area contributed by atoms with E-state index in [2.05, 4.69) is 39.5 Å². The van der Waals surface area contributed by atoms with Crippen LogP contribution >= 0.6 is 0 Å². The number of methoxy groups -OCH3 is 1. The first-order valence-electron chi connectivity index (χ1n) is 20.0. The van der Waals surface area contributed by atoms with Crippen LogP contribution in [0, 0.1) is 28.6 Å². The molecule has 1 fully saturated rings. The number of hydrogen-bond acceptors (Lipinski definition) is 10. The number of carbonyl (C=O) groups is 3. The molecular formula is C42H65N7O6. The first-order chi connectivity index (χ1) is 26.2. The Bertz CT molecular complexity index is 1650. The van der Waals surface area contributed by atoms with Gasteiger partial charge >= 0.3 is 0 Å². The molecule has 0 radical (unpaired) electrons. The summed E-state index contributed by atoms with van der Waals surface area (Å²) in [5.41, 5.74) is 2.69. The fourth-order valence-corrected chi connectivity index (χ4v) is 8.69. The van der Waals surface area contributed by atoms with Crippen LogP contribution in [0.3, 0.4) is 0 Å². The first-order valence-corrected chi connectivity index (χ1v) is 20.0. The van der Waals surface area contributed by atoms with Crippen LogP contribution in [0.1, 0.15) is 79.7 Å². The number of nitrogens with one attached hydrogen (secondary N) is 2. The number of ether oxygens (including phenoxy) is 2. The average molecular weight is 764 g/mol. The quantitative estimate of drug-likeness (QED) is 0.181. The maximum Gasteiger partial charge on any atom is 0.275 e. The Kier molecular flexibility index (Phi) is 15.6. The molecule has 2 aliphatic heterocycles. The lowest BCUT2D eigenvalue weighted by atomic mass is 9.89. The SMILES string of the molecule is CC[C@H](C)C([C@H]1CC(N2CCC[C@H]2[C@H](OC)[C@@H](C)C(=O)NCCc2cccc3cccnc23)=C(N=O)O1)N(C)C(=O)[C@@H](NC(=O)[C@H](C(C)C)N(C)C)C(C)C. The van der Waals surface area contributed by atoms with Crippen molar-refractivity contribution in [1.29, 1.82) is 0 Å². The number of para-hydroxylation sites is 1. The third kappa shape index (κ3) is 10.0. The molecule has 2 aliphatic rings. The van der Waals surface area contributed by atoms with Crippen LogP contribution in [0.4, 0.5) is 0 Å². The van der Waals surface area contributed by atoms with E-state index in [1.165, 1.54) is 0 Å². The van der Waals surface area contributed by atoms with Crippen LogP contribution < -0.4 is 10.6 Å². The van der Waals surface area contributed by atoms with Gasteiger partial charge in [0.1, 0.15) is 12.1 Å². The number of nitrogens with zero attached hydrogens (tertiary/aromatic N) is 5. The second kappa shape index (κ2) is 19.7. The standard InChI is InChI=1S/C42H65N7O6/c1-12-27(6)37(48(10)42(52)34(25(2)3)45-40(51)36(26(4)5)47(8)9)33-24-32(41(46-53)55-33)49-23-15-19-31(49)38(54-11)28(7)39(50)44-22-20-30-17-13-16-29-18-14-21-43-35(29)30/h13-14,16-18,21,25-28,31,33-34,36-38H,12,15,19-20,22-24H2,1-11H3,(H,44,50)(H,45,51)/t27-,28+,31-,33+,34-,36-,37?,38+/m0/s1. The predicted molar refractivity (Wildman–Crippen MR) is 216 cm³/mol. The van der Waals surface area contributed by atoms with Crippen molar-refractivity contribution in [2.24, 2.45) is 28.8 Å². The highest BCUT2D eigenvalue weighted by molar-refractivity contribution is 5.90. The molecule has 0 aliphatic carbocycles. The molecule has 13 nitrogen and oxygen atoms in total. The molecule has 2 N–H and O–H groups in total. The second-order valence-corrected chi connectivity index (χ2v) is 16.3. The molecule has 13 heteroatoms. The third-order valence-electron chi connectivity index (χ3n) is 11.7. The molecular weight excluding hydrogens is 699 g/mol. The Labute approximate surface area is 327 Å². The maximum absolute atomic E-state index is 14.3. The Hall–Kier alpha value is -4.10. The van der Waals surface area contributed by atoms with E-state index < -0.39 is 30.2 Å². The summed E-state index contributed by atoms with van der Waals surface area (Å²) in [6, 6.07) is 8.30. The molecule has 3 amide bonds. The largest absolute Gasteiger partial charge is 0.468 e. The number of nitroso groups, excluding NO2 is 1. The van der Waals surface area contributed by atoms with Gasteiger partial charge in [-0.1, -0.05) is 79.2 Å². The molecule has 1 unspecified atom stereocenters. The van der Waals surface area contributed by atoms with Crippen molar-refractivity contribution in [3.05, 3.63) is 58.6 Å². The van der Waals surface area contributed by atoms with Crippen molar-refractivity contribution in [3.8, 4) is 0 Å². The van der Waals surface area contributed by atoms with Gasteiger partial charge in [-0.25, -0.2) is 0 Å². The summed E-state index contributed by atoms with van der Waals surface area (Å²) in [4.78, 5) is 64.0. The van der Waals surface area contributed by atoms with E-state index in [-0.39, 0.29) is 53.4 Å². The molecule has 2 aromatic rings. The number of amides is 3. The van der Waals surface area contributed by atoms with E-state index in [9.17, 15) is 19.3 Å². The molecule has 8 atom stereocenters. The average Bonchev–Trinajstić information content (AvgIpc) is 3.80. The number of carbonyl (C=O) groups excluding carboxylic acids is 3. The van der Waals surface area contributed by atoms with E-state index in [1.807, 2.05) is 83.9 Å². The fraction of sp³-hybridized carbons (Fsp3) is 0.667. The number of hydrogen-bond donors (Lipinski definition) is 2. The van der Waals surface area contributed by atoms with Crippen molar-refractivity contribution in [2.75, 3.05) is 41.3 Å². The van der Waals surface area contributed by atoms with E-state index in [0.29, 0.717) is 31.6 Å². The van der Waals surface area contributed by atoms with E-state index >= 15 is 0 Å². The minimum atomic E-state index is -0.746. The van der Waals surface area contributed by atoms with Gasteiger partial charge in [-0.3, -0.25) is 24.3 Å². The zero-order chi connectivity index (χ0) is 40.6. The first kappa shape index (κ1) is 43.6. The van der Waals surface area contributed by atoms with Crippen molar-refractivity contribution in [1.82, 2.24) is 30.3 Å². The van der Waals surface area contributed by atoms with Crippen molar-refractivity contribution < 1.29 is 23.9 Å². The van der Waals surface area contributed by atoms with Crippen LogP contribution in [0.5, 0.6) is 0 Å². The molecule has 0 spiro atoms. The van der Waals surface area contributed by atoms with Gasteiger partial charge in [0.05, 0.1) is 41.4 Å². The molecule has 0 saturated carbocycles. The van der Waals surface area contributed by atoms with Gasteiger partial charge in [0.15, 0.2) is 0 Å². The van der Waals surface area contributed by atoms with Gasteiger partial charge in [0.25, 0.3) is 5.88 Å². The molecule has 3 heterocycles. The maximum atomic E-state index is 14.3. The number of rotatable bonds is 19. The number of fused-ring (bicyclic) bond motifs is 1. The lowest BCUT2D eigenvalue weighted by molar-refractivity contribution is -0.143. The predicted octanol–water partition coefficient (Wildman–Crippen LogP) is 5.33. The lowest BCUT2D eigenvalue weighted by Crippen LogP contribution is -2.59. The smallest absolute Gasteiger partial charge is 0.275 e. The Morgan fingerprint density at radius 1 is 1.04 bits per heavy atom. The highest BCUT2D eigenvalue weighted by Crippen LogP contribution is 2.39. The summed E-state index contributed by atoms with van der Waals surface area (Å²) in [7, 11) is 7.12. The Morgan fingerprint density at radius 3 is 2.36 bits per heavy atom. The van der Waals surface area contributed by atoms with E-state index in [4.69, 9.17) is 9.47 Å². The number of pyridine rings is 1. The highest BCUT2D eigenvalue weighted by Gasteiger charge is 2.46. The molecule has 1 saturated heterocycles. The second-order valence-electron chi connectivity index (χ2n) is 16.3. The van der Waals surface area contributed by atoms with Crippen LogP contribution in [0.2, 0.25) is 0 Å². The van der Waals surface area contributed by atoms with Crippen molar-refractivity contribution in [3.63, 3.8) is 0 Å². The lowest BCUT2D eigenvalue weighted by Gasteiger charge is -2.39. The van der Waals surface area contributed by atoms with Gasteiger partial charge in [-0.05, 0) is 62.7 Å². The molecule has 4 rings (SSSR count). The van der Waals surface area contributed by atoms with Crippen LogP contribution in [0.25, 0.3) is 10.9 Å². The summed E-state index contributed by atoms with van der Waals surface area (Å²) in [5.74, 6) is -1.07. The minimum Gasteiger partial charge on any atom is -0.468 e. The third-order valence-corrected chi connectivity index (χ3v) is 11.7. The highest BCUT2D eigenvalue weighted by atomic mass is 16.5. The normalized spacial score (nSPS) is 20.7. The molecule has 55 heavy (non-hydrogen) atoms. The van der Waals surface area contributed by atoms with Gasteiger partial charge in [0, 0.05) is 50.4 Å². The zero-order valence-corrected chi connectivity index (χ0v) is 34.9. The summed E-state index contributed by atoms with van der Waals surface area (Å²) in [5, 5.41) is 10.6. The number of likely N-dealkylation sites (tertiary alicyclic amines) is 1. The number of likely N-dealkylation sites (N-methyl/N-ethyl adjacent to an activating group) is 2. The zero-order valence-electron chi connectivity index (χ0n) is 34.9. The van der Waals surface area contributed by atoms with E-state index in [1.54, 1.807) is 25.3 Å². The number of aromatic nitrogens is 1. The van der Waals surface area contributed by atoms with Crippen LogP contribution in [-0.2, 0) is 30.3 Å². The monoisotopic (exact) mass is 763 g/mol. The van der Waals surface area contributed by atoms with Crippen molar-refractivity contribution >= 4 is 28.6 Å². The Balaban J connectivity index is 1.48. The summed E-state index contributed by atoms with van der Waals surface area (Å²) < 4.78 is 12.4. The summed E-state index contributed by atoms with van der Waals surface area (Å²) in [6.45, 7) is 15.0. The van der Waals surface area contributed by atoms with Gasteiger partial charge in [-0.15, -0.1) is 4.91 Å². The topological polar surface area (TPSA) is 146 Å². The van der Waals surface area contributed by atoms with Gasteiger partial charge in [-0.2, -0.15) is 0 Å². The summed E-state index contributed by atoms with van der Waals surface area (Å²) >= 11 is 0. The molecule has 0 bridgehead atoms. The van der Waals surface area contributed by atoms with E-state index in [0.717, 1.165) is 35.7 Å². The molecule has 1 aromatic heterocycles. The van der Waals surface area contributed by atoms with Gasteiger partial charge in [0.2, 0.25) is 17.7 Å². The molecule has 1 aromatic carbocycles. The minimum absolute atomic E-state index is 0.00868. The van der Waals surface area contributed by atoms with Crippen LogP contribution in [0.15, 0.2) is 53.3 Å². The van der Waals surface area contributed by atoms with Crippen LogP contribution in [-0.4, -0.2) is 115 Å². The molecule has 304 valence electrons. The van der Waals surface area contributed by atoms with Gasteiger partial charge < -0.3 is 29.9 Å².